The van der Waals surface area contributed by atoms with Crippen LogP contribution in [0.1, 0.15) is 48.6 Å². The molecular formula is C22H30N6O2. The molecule has 1 fully saturated rings. The summed E-state index contributed by atoms with van der Waals surface area (Å²) in [5.74, 6) is -0.492. The second-order valence-electron chi connectivity index (χ2n) is 8.27. The van der Waals surface area contributed by atoms with E-state index < -0.39 is 5.92 Å². The maximum atomic E-state index is 13.1. The average molecular weight is 411 g/mol. The molecular weight excluding hydrogens is 380 g/mol. The van der Waals surface area contributed by atoms with Crippen LogP contribution in [0.3, 0.4) is 0 Å². The van der Waals surface area contributed by atoms with Crippen molar-refractivity contribution in [3.05, 3.63) is 47.5 Å². The van der Waals surface area contributed by atoms with E-state index in [0.717, 1.165) is 42.9 Å². The molecule has 30 heavy (non-hydrogen) atoms. The molecule has 8 heteroatoms. The van der Waals surface area contributed by atoms with Crippen molar-refractivity contribution in [2.24, 2.45) is 7.05 Å². The Balaban J connectivity index is 1.44. The van der Waals surface area contributed by atoms with Crippen LogP contribution in [-0.2, 0) is 29.7 Å². The molecule has 4 heterocycles. The maximum absolute atomic E-state index is 13.1. The summed E-state index contributed by atoms with van der Waals surface area (Å²) < 4.78 is 1.73. The molecule has 2 aliphatic rings. The van der Waals surface area contributed by atoms with Gasteiger partial charge in [0.25, 0.3) is 0 Å². The molecule has 2 aromatic heterocycles. The van der Waals surface area contributed by atoms with Crippen molar-refractivity contribution in [3.63, 3.8) is 0 Å². The van der Waals surface area contributed by atoms with Gasteiger partial charge in [0, 0.05) is 38.1 Å². The standard InChI is InChI=1S/C22H30N6O2/c1-26-13-17-14-28(20(29)16-27-10-6-2-3-7-11-27)15-19(21(17)25-26)22(30)24-12-18-8-4-5-9-23-18/h4-5,8-9,13,19H,2-3,6-7,10-12,14-16H2,1H3,(H,24,30)/t19-/m1/s1. The van der Waals surface area contributed by atoms with Gasteiger partial charge < -0.3 is 10.2 Å². The van der Waals surface area contributed by atoms with Crippen LogP contribution in [0, 0.1) is 0 Å². The van der Waals surface area contributed by atoms with Crippen LogP contribution in [0.2, 0.25) is 0 Å². The zero-order chi connectivity index (χ0) is 20.9. The molecule has 0 bridgehead atoms. The van der Waals surface area contributed by atoms with Gasteiger partial charge >= 0.3 is 0 Å². The van der Waals surface area contributed by atoms with Crippen LogP contribution in [0.25, 0.3) is 0 Å². The summed E-state index contributed by atoms with van der Waals surface area (Å²) in [5, 5.41) is 7.49. The van der Waals surface area contributed by atoms with Crippen LogP contribution < -0.4 is 5.32 Å². The van der Waals surface area contributed by atoms with Gasteiger partial charge in [0.15, 0.2) is 0 Å². The number of hydrogen-bond acceptors (Lipinski definition) is 5. The number of aromatic nitrogens is 3. The topological polar surface area (TPSA) is 83.4 Å². The number of hydrogen-bond donors (Lipinski definition) is 1. The van der Waals surface area contributed by atoms with Gasteiger partial charge in [-0.25, -0.2) is 0 Å². The molecule has 160 valence electrons. The number of amides is 2. The molecule has 0 unspecified atom stereocenters. The van der Waals surface area contributed by atoms with E-state index in [0.29, 0.717) is 26.2 Å². The molecule has 1 atom stereocenters. The maximum Gasteiger partial charge on any atom is 0.237 e. The number of likely N-dealkylation sites (tertiary alicyclic amines) is 1. The SMILES string of the molecule is Cn1cc2c(n1)[C@H](C(=O)NCc1ccccn1)CN(C(=O)CN1CCCCCC1)C2. The van der Waals surface area contributed by atoms with Crippen molar-refractivity contribution in [1.82, 2.24) is 29.9 Å². The summed E-state index contributed by atoms with van der Waals surface area (Å²) in [7, 11) is 1.85. The normalized spacial score (nSPS) is 19.8. The lowest BCUT2D eigenvalue weighted by atomic mass is 9.95. The first-order valence-corrected chi connectivity index (χ1v) is 10.8. The van der Waals surface area contributed by atoms with Gasteiger partial charge in [0.05, 0.1) is 30.4 Å². The fraction of sp³-hybridized carbons (Fsp3) is 0.545. The third-order valence-electron chi connectivity index (χ3n) is 5.93. The van der Waals surface area contributed by atoms with E-state index in [2.05, 4.69) is 20.3 Å². The summed E-state index contributed by atoms with van der Waals surface area (Å²) in [6.07, 6.45) is 8.41. The molecule has 0 aliphatic carbocycles. The molecule has 2 amide bonds. The van der Waals surface area contributed by atoms with E-state index in [1.165, 1.54) is 12.8 Å². The van der Waals surface area contributed by atoms with Crippen molar-refractivity contribution in [2.45, 2.75) is 44.7 Å². The summed E-state index contributed by atoms with van der Waals surface area (Å²) >= 11 is 0. The molecule has 0 saturated carbocycles. The van der Waals surface area contributed by atoms with Gasteiger partial charge in [-0.1, -0.05) is 18.9 Å². The van der Waals surface area contributed by atoms with Crippen molar-refractivity contribution >= 4 is 11.8 Å². The monoisotopic (exact) mass is 410 g/mol. The molecule has 2 aliphatic heterocycles. The number of pyridine rings is 1. The fourth-order valence-electron chi connectivity index (χ4n) is 4.33. The largest absolute Gasteiger partial charge is 0.350 e. The summed E-state index contributed by atoms with van der Waals surface area (Å²) in [5.41, 5.74) is 2.53. The third kappa shape index (κ3) is 4.87. The molecule has 1 N–H and O–H groups in total. The van der Waals surface area contributed by atoms with Crippen LogP contribution >= 0.6 is 0 Å². The lowest BCUT2D eigenvalue weighted by Gasteiger charge is -2.33. The molecule has 2 aromatic rings. The second-order valence-corrected chi connectivity index (χ2v) is 8.27. The smallest absolute Gasteiger partial charge is 0.237 e. The minimum Gasteiger partial charge on any atom is -0.350 e. The molecule has 0 aromatic carbocycles. The zero-order valence-corrected chi connectivity index (χ0v) is 17.6. The van der Waals surface area contributed by atoms with Gasteiger partial charge in [-0.15, -0.1) is 0 Å². The van der Waals surface area contributed by atoms with Crippen molar-refractivity contribution < 1.29 is 9.59 Å². The average Bonchev–Trinajstić information content (AvgIpc) is 2.95. The lowest BCUT2D eigenvalue weighted by Crippen LogP contribution is -2.47. The predicted molar refractivity (Wildman–Crippen MR) is 112 cm³/mol. The number of fused-ring (bicyclic) bond motifs is 1. The number of rotatable bonds is 5. The Morgan fingerprint density at radius 1 is 1.17 bits per heavy atom. The minimum absolute atomic E-state index is 0.0916. The number of nitrogens with zero attached hydrogens (tertiary/aromatic N) is 5. The van der Waals surface area contributed by atoms with E-state index in [1.807, 2.05) is 36.3 Å². The Morgan fingerprint density at radius 2 is 1.97 bits per heavy atom. The Hall–Kier alpha value is -2.74. The highest BCUT2D eigenvalue weighted by Crippen LogP contribution is 2.27. The van der Waals surface area contributed by atoms with Gasteiger partial charge in [-0.3, -0.25) is 24.2 Å². The van der Waals surface area contributed by atoms with Crippen molar-refractivity contribution in [3.8, 4) is 0 Å². The predicted octanol–water partition coefficient (Wildman–Crippen LogP) is 1.43. The van der Waals surface area contributed by atoms with Gasteiger partial charge in [0.2, 0.25) is 11.8 Å². The molecule has 0 spiro atoms. The number of carbonyl (C=O) groups is 2. The molecule has 0 radical (unpaired) electrons. The Labute approximate surface area is 177 Å². The van der Waals surface area contributed by atoms with E-state index >= 15 is 0 Å². The second kappa shape index (κ2) is 9.38. The summed E-state index contributed by atoms with van der Waals surface area (Å²) in [6, 6.07) is 5.62. The summed E-state index contributed by atoms with van der Waals surface area (Å²) in [4.78, 5) is 34.4. The van der Waals surface area contributed by atoms with Gasteiger partial charge in [-0.2, -0.15) is 5.10 Å². The number of aryl methyl sites for hydroxylation is 1. The highest BCUT2D eigenvalue weighted by molar-refractivity contribution is 5.86. The lowest BCUT2D eigenvalue weighted by molar-refractivity contribution is -0.134. The minimum atomic E-state index is -0.466. The van der Waals surface area contributed by atoms with E-state index in [1.54, 1.807) is 10.9 Å². The van der Waals surface area contributed by atoms with Gasteiger partial charge in [0.1, 0.15) is 0 Å². The van der Waals surface area contributed by atoms with Crippen LogP contribution in [0.15, 0.2) is 30.6 Å². The zero-order valence-electron chi connectivity index (χ0n) is 17.6. The summed E-state index contributed by atoms with van der Waals surface area (Å²) in [6.45, 7) is 3.62. The Morgan fingerprint density at radius 3 is 2.70 bits per heavy atom. The quantitative estimate of drug-likeness (QED) is 0.806. The first kappa shape index (κ1) is 20.5. The molecule has 1 saturated heterocycles. The van der Waals surface area contributed by atoms with Gasteiger partial charge in [-0.05, 0) is 38.1 Å². The first-order chi connectivity index (χ1) is 14.6. The molecule has 4 rings (SSSR count). The third-order valence-corrected chi connectivity index (χ3v) is 5.93. The van der Waals surface area contributed by atoms with E-state index in [-0.39, 0.29) is 11.8 Å². The Kier molecular flexibility index (Phi) is 6.42. The van der Waals surface area contributed by atoms with E-state index in [9.17, 15) is 9.59 Å². The molecule has 8 nitrogen and oxygen atoms in total. The van der Waals surface area contributed by atoms with Crippen LogP contribution in [0.5, 0.6) is 0 Å². The number of nitrogens with one attached hydrogen (secondary N) is 1. The highest BCUT2D eigenvalue weighted by atomic mass is 16.2. The number of carbonyl (C=O) groups excluding carboxylic acids is 2. The first-order valence-electron chi connectivity index (χ1n) is 10.8. The van der Waals surface area contributed by atoms with Crippen molar-refractivity contribution in [2.75, 3.05) is 26.2 Å². The Bertz CT molecular complexity index is 873. The van der Waals surface area contributed by atoms with Crippen LogP contribution in [-0.4, -0.2) is 62.6 Å². The van der Waals surface area contributed by atoms with Crippen molar-refractivity contribution in [1.29, 1.82) is 0 Å². The fourth-order valence-corrected chi connectivity index (χ4v) is 4.33. The van der Waals surface area contributed by atoms with E-state index in [4.69, 9.17) is 0 Å². The highest BCUT2D eigenvalue weighted by Gasteiger charge is 2.35. The van der Waals surface area contributed by atoms with Crippen LogP contribution in [0.4, 0.5) is 0 Å².